The van der Waals surface area contributed by atoms with Gasteiger partial charge in [-0.25, -0.2) is 0 Å². The van der Waals surface area contributed by atoms with Crippen LogP contribution in [-0.2, 0) is 0 Å². The van der Waals surface area contributed by atoms with E-state index in [2.05, 4.69) is 88.1 Å². The minimum Gasteiger partial charge on any atom is -0.496 e. The molecule has 2 nitrogen and oxygen atoms in total. The fourth-order valence-electron chi connectivity index (χ4n) is 1.93. The van der Waals surface area contributed by atoms with Crippen LogP contribution in [-0.4, -0.2) is 7.11 Å². The lowest BCUT2D eigenvalue weighted by atomic mass is 10.1. The molecule has 6 heteroatoms. The summed E-state index contributed by atoms with van der Waals surface area (Å²) in [5, 5.41) is 3.51. The first kappa shape index (κ1) is 17.3. The third-order valence-electron chi connectivity index (χ3n) is 3.04. The maximum Gasteiger partial charge on any atom is 0.133 e. The van der Waals surface area contributed by atoms with Crippen LogP contribution in [0.4, 0.5) is 5.69 Å². The molecular weight excluding hydrogens is 530 g/mol. The van der Waals surface area contributed by atoms with Crippen LogP contribution >= 0.6 is 63.7 Å². The zero-order chi connectivity index (χ0) is 15.6. The molecule has 2 aromatic rings. The van der Waals surface area contributed by atoms with E-state index < -0.39 is 0 Å². The fraction of sp³-hybridized carbons (Fsp3) is 0.200. The van der Waals surface area contributed by atoms with Crippen molar-refractivity contribution in [3.05, 3.63) is 53.8 Å². The number of nitrogens with one attached hydrogen (secondary N) is 1. The van der Waals surface area contributed by atoms with Crippen LogP contribution in [0.1, 0.15) is 18.5 Å². The molecular formula is C15H13Br4NO. The molecule has 0 aromatic heterocycles. The number of methoxy groups -OCH3 is 1. The number of benzene rings is 2. The second-order valence-electron chi connectivity index (χ2n) is 4.50. The summed E-state index contributed by atoms with van der Waals surface area (Å²) in [6.45, 7) is 2.12. The van der Waals surface area contributed by atoms with Crippen molar-refractivity contribution in [1.29, 1.82) is 0 Å². The molecule has 0 aliphatic rings. The molecule has 0 saturated carbocycles. The highest BCUT2D eigenvalue weighted by molar-refractivity contribution is 9.11. The number of halogens is 4. The van der Waals surface area contributed by atoms with E-state index in [1.165, 1.54) is 5.56 Å². The van der Waals surface area contributed by atoms with Crippen molar-refractivity contribution in [3.63, 3.8) is 0 Å². The SMILES string of the molecule is COc1ccc(C(C)Nc2c(Br)cc(Br)cc2Br)cc1Br. The van der Waals surface area contributed by atoms with Gasteiger partial charge >= 0.3 is 0 Å². The minimum absolute atomic E-state index is 0.154. The summed E-state index contributed by atoms with van der Waals surface area (Å²) < 4.78 is 9.24. The molecule has 0 fully saturated rings. The van der Waals surface area contributed by atoms with Gasteiger partial charge in [-0.2, -0.15) is 0 Å². The van der Waals surface area contributed by atoms with Gasteiger partial charge in [-0.1, -0.05) is 22.0 Å². The van der Waals surface area contributed by atoms with E-state index in [1.807, 2.05) is 18.2 Å². The lowest BCUT2D eigenvalue weighted by molar-refractivity contribution is 0.412. The second kappa shape index (κ2) is 7.49. The Morgan fingerprint density at radius 1 is 0.952 bits per heavy atom. The predicted octanol–water partition coefficient (Wildman–Crippen LogP) is 6.92. The lowest BCUT2D eigenvalue weighted by Crippen LogP contribution is -2.08. The molecule has 1 unspecified atom stereocenters. The van der Waals surface area contributed by atoms with Crippen molar-refractivity contribution in [3.8, 4) is 5.75 Å². The Balaban J connectivity index is 2.26. The highest BCUT2D eigenvalue weighted by Crippen LogP contribution is 2.37. The molecule has 0 radical (unpaired) electrons. The molecule has 0 bridgehead atoms. The number of hydrogen-bond donors (Lipinski definition) is 1. The Hall–Kier alpha value is -0.0400. The fourth-order valence-corrected chi connectivity index (χ4v) is 4.98. The monoisotopic (exact) mass is 539 g/mol. The first-order valence-corrected chi connectivity index (χ1v) is 9.34. The van der Waals surface area contributed by atoms with Gasteiger partial charge in [0.2, 0.25) is 0 Å². The smallest absolute Gasteiger partial charge is 0.133 e. The van der Waals surface area contributed by atoms with E-state index in [0.717, 1.165) is 29.3 Å². The van der Waals surface area contributed by atoms with Gasteiger partial charge in [-0.05, 0) is 84.5 Å². The normalized spacial score (nSPS) is 12.1. The largest absolute Gasteiger partial charge is 0.496 e. The maximum absolute atomic E-state index is 5.26. The van der Waals surface area contributed by atoms with Crippen LogP contribution in [0.15, 0.2) is 48.2 Å². The van der Waals surface area contributed by atoms with Crippen LogP contribution in [0.3, 0.4) is 0 Å². The zero-order valence-electron chi connectivity index (χ0n) is 11.4. The van der Waals surface area contributed by atoms with Crippen LogP contribution in [0.5, 0.6) is 5.75 Å². The van der Waals surface area contributed by atoms with Crippen molar-refractivity contribution in [2.24, 2.45) is 0 Å². The molecule has 1 N–H and O–H groups in total. The molecule has 0 aliphatic heterocycles. The minimum atomic E-state index is 0.154. The molecule has 0 saturated heterocycles. The summed E-state index contributed by atoms with van der Waals surface area (Å²) in [4.78, 5) is 0. The average Bonchev–Trinajstić information content (AvgIpc) is 2.42. The Bertz CT molecular complexity index is 637. The standard InChI is InChI=1S/C15H13Br4NO/c1-8(9-3-4-14(21-2)11(17)5-9)20-15-12(18)6-10(16)7-13(15)19/h3-8,20H,1-2H3. The number of rotatable bonds is 4. The molecule has 2 aromatic carbocycles. The summed E-state index contributed by atoms with van der Waals surface area (Å²) >= 11 is 14.2. The van der Waals surface area contributed by atoms with Crippen molar-refractivity contribution in [2.75, 3.05) is 12.4 Å². The Kier molecular flexibility index (Phi) is 6.17. The van der Waals surface area contributed by atoms with Crippen LogP contribution in [0.25, 0.3) is 0 Å². The van der Waals surface area contributed by atoms with E-state index in [9.17, 15) is 0 Å². The van der Waals surface area contributed by atoms with E-state index in [4.69, 9.17) is 4.74 Å². The second-order valence-corrected chi connectivity index (χ2v) is 7.98. The molecule has 0 heterocycles. The topological polar surface area (TPSA) is 21.3 Å². The first-order chi connectivity index (χ1) is 9.92. The van der Waals surface area contributed by atoms with Crippen LogP contribution < -0.4 is 10.1 Å². The summed E-state index contributed by atoms with van der Waals surface area (Å²) in [5.41, 5.74) is 2.20. The molecule has 112 valence electrons. The van der Waals surface area contributed by atoms with Gasteiger partial charge in [0.25, 0.3) is 0 Å². The Morgan fingerprint density at radius 3 is 2.10 bits per heavy atom. The zero-order valence-corrected chi connectivity index (χ0v) is 17.7. The number of anilines is 1. The van der Waals surface area contributed by atoms with Gasteiger partial charge in [0.15, 0.2) is 0 Å². The van der Waals surface area contributed by atoms with Gasteiger partial charge in [-0.3, -0.25) is 0 Å². The summed E-state index contributed by atoms with van der Waals surface area (Å²) in [7, 11) is 1.66. The molecule has 1 atom stereocenters. The van der Waals surface area contributed by atoms with E-state index >= 15 is 0 Å². The molecule has 0 amide bonds. The molecule has 21 heavy (non-hydrogen) atoms. The average molecular weight is 543 g/mol. The number of ether oxygens (including phenoxy) is 1. The third-order valence-corrected chi connectivity index (χ3v) is 5.37. The molecule has 0 spiro atoms. The van der Waals surface area contributed by atoms with Gasteiger partial charge in [0.1, 0.15) is 5.75 Å². The summed E-state index contributed by atoms with van der Waals surface area (Å²) in [6.07, 6.45) is 0. The molecule has 2 rings (SSSR count). The van der Waals surface area contributed by atoms with E-state index in [0.29, 0.717) is 0 Å². The van der Waals surface area contributed by atoms with Crippen molar-refractivity contribution < 1.29 is 4.74 Å². The molecule has 0 aliphatic carbocycles. The first-order valence-electron chi connectivity index (χ1n) is 6.17. The number of hydrogen-bond acceptors (Lipinski definition) is 2. The van der Waals surface area contributed by atoms with Crippen molar-refractivity contribution in [1.82, 2.24) is 0 Å². The highest BCUT2D eigenvalue weighted by Gasteiger charge is 2.13. The van der Waals surface area contributed by atoms with Crippen molar-refractivity contribution in [2.45, 2.75) is 13.0 Å². The highest BCUT2D eigenvalue weighted by atomic mass is 79.9. The quantitative estimate of drug-likeness (QED) is 0.453. The lowest BCUT2D eigenvalue weighted by Gasteiger charge is -2.19. The summed E-state index contributed by atoms with van der Waals surface area (Å²) in [5.74, 6) is 0.831. The Labute approximate surface area is 158 Å². The third kappa shape index (κ3) is 4.24. The summed E-state index contributed by atoms with van der Waals surface area (Å²) in [6, 6.07) is 10.3. The van der Waals surface area contributed by atoms with E-state index in [1.54, 1.807) is 7.11 Å². The Morgan fingerprint density at radius 2 is 1.57 bits per heavy atom. The maximum atomic E-state index is 5.26. The predicted molar refractivity (Wildman–Crippen MR) is 102 cm³/mol. The van der Waals surface area contributed by atoms with E-state index in [-0.39, 0.29) is 6.04 Å². The van der Waals surface area contributed by atoms with Crippen LogP contribution in [0.2, 0.25) is 0 Å². The van der Waals surface area contributed by atoms with Gasteiger partial charge in [-0.15, -0.1) is 0 Å². The van der Waals surface area contributed by atoms with Crippen LogP contribution in [0, 0.1) is 0 Å². The van der Waals surface area contributed by atoms with Gasteiger partial charge < -0.3 is 10.1 Å². The van der Waals surface area contributed by atoms with Gasteiger partial charge in [0.05, 0.1) is 17.3 Å². The van der Waals surface area contributed by atoms with Crippen molar-refractivity contribution >= 4 is 69.4 Å². The van der Waals surface area contributed by atoms with Gasteiger partial charge in [0, 0.05) is 19.5 Å².